The number of fused-ring (bicyclic) bond motifs is 2. The number of carbonyl (C=O) groups excluding carboxylic acids is 1. The molecule has 25 heavy (non-hydrogen) atoms. The summed E-state index contributed by atoms with van der Waals surface area (Å²) in [6.45, 7) is 0.453. The Labute approximate surface area is 151 Å². The number of thioether (sulfide) groups is 1. The average molecular weight is 351 g/mol. The monoisotopic (exact) mass is 351 g/mol. The third kappa shape index (κ3) is 3.42. The van der Waals surface area contributed by atoms with Crippen LogP contribution < -0.4 is 5.32 Å². The summed E-state index contributed by atoms with van der Waals surface area (Å²) in [4.78, 5) is 17.9. The van der Waals surface area contributed by atoms with Gasteiger partial charge < -0.3 is 9.88 Å². The summed E-state index contributed by atoms with van der Waals surface area (Å²) < 4.78 is 2.03. The van der Waals surface area contributed by atoms with E-state index in [1.165, 1.54) is 35.3 Å². The van der Waals surface area contributed by atoms with Crippen molar-refractivity contribution >= 4 is 28.7 Å². The van der Waals surface area contributed by atoms with Crippen LogP contribution in [0.25, 0.3) is 11.0 Å². The summed E-state index contributed by atoms with van der Waals surface area (Å²) in [5.74, 6) is 1.34. The number of hydrogen-bond acceptors (Lipinski definition) is 3. The number of imidazole rings is 1. The fraction of sp³-hybridized carbons (Fsp3) is 0.300. The van der Waals surface area contributed by atoms with Crippen LogP contribution in [0.5, 0.6) is 0 Å². The summed E-state index contributed by atoms with van der Waals surface area (Å²) in [7, 11) is 1.98. The minimum Gasteiger partial charge on any atom is -0.348 e. The lowest BCUT2D eigenvalue weighted by molar-refractivity contribution is -0.118. The SMILES string of the molecule is Cn1c(CNC(=O)CSc2ccc3c(c2)CCC3)nc2ccccc21. The van der Waals surface area contributed by atoms with Gasteiger partial charge in [0, 0.05) is 11.9 Å². The van der Waals surface area contributed by atoms with Gasteiger partial charge in [0.2, 0.25) is 5.91 Å². The number of amides is 1. The maximum absolute atomic E-state index is 12.2. The summed E-state index contributed by atoms with van der Waals surface area (Å²) in [5.41, 5.74) is 4.96. The van der Waals surface area contributed by atoms with Crippen molar-refractivity contribution in [3.05, 3.63) is 59.4 Å². The van der Waals surface area contributed by atoms with Crippen LogP contribution in [0.3, 0.4) is 0 Å². The van der Waals surface area contributed by atoms with Crippen molar-refractivity contribution in [2.24, 2.45) is 7.05 Å². The highest BCUT2D eigenvalue weighted by atomic mass is 32.2. The van der Waals surface area contributed by atoms with Gasteiger partial charge in [0.1, 0.15) is 5.82 Å². The molecule has 3 aromatic rings. The fourth-order valence-corrected chi connectivity index (χ4v) is 4.16. The molecule has 0 aliphatic heterocycles. The van der Waals surface area contributed by atoms with Crippen LogP contribution in [0.4, 0.5) is 0 Å². The molecule has 1 aromatic heterocycles. The lowest BCUT2D eigenvalue weighted by Gasteiger charge is -2.07. The average Bonchev–Trinajstić information content (AvgIpc) is 3.22. The third-order valence-corrected chi connectivity index (χ3v) is 5.76. The number of aryl methyl sites for hydroxylation is 3. The van der Waals surface area contributed by atoms with Crippen molar-refractivity contribution in [2.75, 3.05) is 5.75 Å². The smallest absolute Gasteiger partial charge is 0.230 e. The number of nitrogens with one attached hydrogen (secondary N) is 1. The molecule has 0 spiro atoms. The number of para-hydroxylation sites is 2. The van der Waals surface area contributed by atoms with Gasteiger partial charge in [-0.15, -0.1) is 11.8 Å². The molecule has 0 atom stereocenters. The second-order valence-corrected chi connectivity index (χ2v) is 7.47. The summed E-state index contributed by atoms with van der Waals surface area (Å²) >= 11 is 1.60. The molecule has 4 nitrogen and oxygen atoms in total. The highest BCUT2D eigenvalue weighted by Crippen LogP contribution is 2.27. The molecule has 4 rings (SSSR count). The maximum Gasteiger partial charge on any atom is 0.230 e. The molecule has 0 saturated carbocycles. The maximum atomic E-state index is 12.2. The van der Waals surface area contributed by atoms with Gasteiger partial charge in [-0.2, -0.15) is 0 Å². The Bertz CT molecular complexity index is 932. The van der Waals surface area contributed by atoms with E-state index in [0.29, 0.717) is 12.3 Å². The second kappa shape index (κ2) is 6.92. The molecule has 5 heteroatoms. The van der Waals surface area contributed by atoms with Gasteiger partial charge in [0.05, 0.1) is 23.3 Å². The van der Waals surface area contributed by atoms with Gasteiger partial charge in [-0.1, -0.05) is 18.2 Å². The third-order valence-electron chi connectivity index (χ3n) is 4.76. The Morgan fingerprint density at radius 2 is 2.04 bits per heavy atom. The summed E-state index contributed by atoms with van der Waals surface area (Å²) in [5, 5.41) is 2.98. The van der Waals surface area contributed by atoms with E-state index in [1.54, 1.807) is 11.8 Å². The van der Waals surface area contributed by atoms with Crippen molar-refractivity contribution in [1.82, 2.24) is 14.9 Å². The van der Waals surface area contributed by atoms with Crippen LogP contribution in [0.15, 0.2) is 47.4 Å². The second-order valence-electron chi connectivity index (χ2n) is 6.43. The lowest BCUT2D eigenvalue weighted by Crippen LogP contribution is -2.26. The van der Waals surface area contributed by atoms with Gasteiger partial charge >= 0.3 is 0 Å². The standard InChI is InChI=1S/C20H21N3OS/c1-23-18-8-3-2-7-17(18)22-19(23)12-21-20(24)13-25-16-10-9-14-5-4-6-15(14)11-16/h2-3,7-11H,4-6,12-13H2,1H3,(H,21,24). The number of nitrogens with zero attached hydrogens (tertiary/aromatic N) is 2. The Balaban J connectivity index is 1.33. The highest BCUT2D eigenvalue weighted by Gasteiger charge is 2.12. The highest BCUT2D eigenvalue weighted by molar-refractivity contribution is 8.00. The molecule has 0 radical (unpaired) electrons. The molecule has 1 N–H and O–H groups in total. The van der Waals surface area contributed by atoms with E-state index in [4.69, 9.17) is 0 Å². The zero-order valence-electron chi connectivity index (χ0n) is 14.3. The van der Waals surface area contributed by atoms with Gasteiger partial charge in [-0.25, -0.2) is 4.98 Å². The zero-order chi connectivity index (χ0) is 17.2. The van der Waals surface area contributed by atoms with Gasteiger partial charge in [-0.05, 0) is 54.7 Å². The molecule has 0 unspecified atom stereocenters. The van der Waals surface area contributed by atoms with E-state index in [-0.39, 0.29) is 5.91 Å². The Morgan fingerprint density at radius 3 is 2.92 bits per heavy atom. The number of carbonyl (C=O) groups is 1. The quantitative estimate of drug-likeness (QED) is 0.716. The first kappa shape index (κ1) is 16.2. The Hall–Kier alpha value is -2.27. The first-order valence-electron chi connectivity index (χ1n) is 8.62. The van der Waals surface area contributed by atoms with Crippen molar-refractivity contribution in [3.8, 4) is 0 Å². The van der Waals surface area contributed by atoms with Gasteiger partial charge in [0.25, 0.3) is 0 Å². The van der Waals surface area contributed by atoms with Crippen LogP contribution in [-0.2, 0) is 31.2 Å². The van der Waals surface area contributed by atoms with E-state index in [0.717, 1.165) is 16.9 Å². The zero-order valence-corrected chi connectivity index (χ0v) is 15.1. The van der Waals surface area contributed by atoms with Crippen LogP contribution in [0, 0.1) is 0 Å². The topological polar surface area (TPSA) is 46.9 Å². The Morgan fingerprint density at radius 1 is 1.20 bits per heavy atom. The molecule has 1 heterocycles. The number of hydrogen-bond donors (Lipinski definition) is 1. The molecular weight excluding hydrogens is 330 g/mol. The van der Waals surface area contributed by atoms with Crippen LogP contribution in [0.2, 0.25) is 0 Å². The van der Waals surface area contributed by atoms with Crippen LogP contribution >= 0.6 is 11.8 Å². The minimum atomic E-state index is 0.0394. The molecule has 0 saturated heterocycles. The fourth-order valence-electron chi connectivity index (χ4n) is 3.37. The lowest BCUT2D eigenvalue weighted by atomic mass is 10.1. The molecular formula is C20H21N3OS. The largest absolute Gasteiger partial charge is 0.348 e. The molecule has 1 amide bonds. The first-order valence-corrected chi connectivity index (χ1v) is 9.61. The van der Waals surface area contributed by atoms with Crippen molar-refractivity contribution in [1.29, 1.82) is 0 Å². The van der Waals surface area contributed by atoms with Gasteiger partial charge in [0.15, 0.2) is 0 Å². The van der Waals surface area contributed by atoms with E-state index in [1.807, 2.05) is 35.9 Å². The van der Waals surface area contributed by atoms with Crippen molar-refractivity contribution in [3.63, 3.8) is 0 Å². The van der Waals surface area contributed by atoms with Crippen molar-refractivity contribution in [2.45, 2.75) is 30.7 Å². The van der Waals surface area contributed by atoms with Crippen LogP contribution in [-0.4, -0.2) is 21.2 Å². The number of benzene rings is 2. The predicted octanol–water partition coefficient (Wildman–Crippen LogP) is 3.47. The summed E-state index contributed by atoms with van der Waals surface area (Å²) in [6, 6.07) is 14.6. The van der Waals surface area contributed by atoms with E-state index in [9.17, 15) is 4.79 Å². The minimum absolute atomic E-state index is 0.0394. The van der Waals surface area contributed by atoms with Crippen molar-refractivity contribution < 1.29 is 4.79 Å². The van der Waals surface area contributed by atoms with E-state index in [2.05, 4.69) is 28.5 Å². The molecule has 0 bridgehead atoms. The molecule has 1 aliphatic carbocycles. The Kier molecular flexibility index (Phi) is 4.49. The summed E-state index contributed by atoms with van der Waals surface area (Å²) in [6.07, 6.45) is 3.61. The predicted molar refractivity (Wildman–Crippen MR) is 102 cm³/mol. The van der Waals surface area contributed by atoms with E-state index < -0.39 is 0 Å². The number of aromatic nitrogens is 2. The molecule has 0 fully saturated rings. The normalized spacial score (nSPS) is 13.2. The van der Waals surface area contributed by atoms with Gasteiger partial charge in [-0.3, -0.25) is 4.79 Å². The molecule has 1 aliphatic rings. The first-order chi connectivity index (χ1) is 12.2. The molecule has 128 valence electrons. The van der Waals surface area contributed by atoms with E-state index >= 15 is 0 Å². The number of rotatable bonds is 5. The van der Waals surface area contributed by atoms with Crippen LogP contribution in [0.1, 0.15) is 23.4 Å². The molecule has 2 aromatic carbocycles.